The van der Waals surface area contributed by atoms with Gasteiger partial charge in [-0.3, -0.25) is 0 Å². The second kappa shape index (κ2) is 8.77. The van der Waals surface area contributed by atoms with Crippen molar-refractivity contribution in [2.45, 2.75) is 84.0 Å². The molecule has 20 heavy (non-hydrogen) atoms. The fraction of sp³-hybridized carbons (Fsp3) is 0.778. The predicted octanol–water partition coefficient (Wildman–Crippen LogP) is 6.49. The van der Waals surface area contributed by atoms with E-state index in [-0.39, 0.29) is 5.41 Å². The van der Waals surface area contributed by atoms with Crippen molar-refractivity contribution in [3.63, 3.8) is 0 Å². The van der Waals surface area contributed by atoms with Gasteiger partial charge in [0.15, 0.2) is 0 Å². The van der Waals surface area contributed by atoms with Crippen LogP contribution in [0.3, 0.4) is 0 Å². The molecule has 1 aromatic rings. The number of unbranched alkanes of at least 4 members (excludes halogenated alkanes) is 5. The molecule has 0 amide bonds. The zero-order valence-electron chi connectivity index (χ0n) is 13.8. The van der Waals surface area contributed by atoms with Crippen molar-refractivity contribution in [1.29, 1.82) is 0 Å². The fourth-order valence-corrected chi connectivity index (χ4v) is 3.39. The molecule has 0 aliphatic heterocycles. The van der Waals surface area contributed by atoms with Gasteiger partial charge in [0.25, 0.3) is 0 Å². The molecule has 0 saturated carbocycles. The Morgan fingerprint density at radius 2 is 1.60 bits per heavy atom. The molecule has 0 N–H and O–H groups in total. The Morgan fingerprint density at radius 1 is 1.00 bits per heavy atom. The molecule has 1 nitrogen and oxygen atoms in total. The lowest BCUT2D eigenvalue weighted by molar-refractivity contribution is 0.368. The third-order valence-electron chi connectivity index (χ3n) is 4.56. The van der Waals surface area contributed by atoms with Crippen LogP contribution in [0.2, 0.25) is 5.15 Å². The number of hydrogen-bond donors (Lipinski definition) is 0. The molecule has 0 saturated heterocycles. The van der Waals surface area contributed by atoms with Crippen LogP contribution in [0.5, 0.6) is 0 Å². The summed E-state index contributed by atoms with van der Waals surface area (Å²) in [7, 11) is 2.04. The van der Waals surface area contributed by atoms with E-state index in [1.165, 1.54) is 63.4 Å². The van der Waals surface area contributed by atoms with Crippen LogP contribution in [0, 0.1) is 0 Å². The lowest BCUT2D eigenvalue weighted by atomic mass is 9.75. The smallest absolute Gasteiger partial charge is 0.112 e. The van der Waals surface area contributed by atoms with Crippen LogP contribution >= 0.6 is 11.6 Å². The number of aryl methyl sites for hydroxylation is 1. The highest BCUT2D eigenvalue weighted by Gasteiger charge is 2.29. The van der Waals surface area contributed by atoms with Gasteiger partial charge in [0.05, 0.1) is 0 Å². The van der Waals surface area contributed by atoms with Crippen molar-refractivity contribution < 1.29 is 0 Å². The van der Waals surface area contributed by atoms with E-state index in [0.717, 1.165) is 5.15 Å². The summed E-state index contributed by atoms with van der Waals surface area (Å²) in [5, 5.41) is 0.928. The van der Waals surface area contributed by atoms with Crippen molar-refractivity contribution in [1.82, 2.24) is 4.57 Å². The molecule has 1 heterocycles. The van der Waals surface area contributed by atoms with Crippen molar-refractivity contribution in [3.05, 3.63) is 23.0 Å². The summed E-state index contributed by atoms with van der Waals surface area (Å²) in [6, 6.07) is 2.23. The third-order valence-corrected chi connectivity index (χ3v) is 5.03. The standard InChI is InChI=1S/C18H32ClN/c1-5-7-9-10-11-14-18(3,13-8-6-2)16-12-15-20(4)17(16)19/h12,15H,5-11,13-14H2,1-4H3. The molecule has 0 fully saturated rings. The Kier molecular flexibility index (Phi) is 7.72. The van der Waals surface area contributed by atoms with E-state index in [2.05, 4.69) is 33.0 Å². The molecular formula is C18H32ClN. The van der Waals surface area contributed by atoms with Crippen molar-refractivity contribution >= 4 is 11.6 Å². The van der Waals surface area contributed by atoms with Crippen LogP contribution < -0.4 is 0 Å². The Balaban J connectivity index is 2.68. The van der Waals surface area contributed by atoms with E-state index in [1.807, 2.05) is 11.6 Å². The van der Waals surface area contributed by atoms with Crippen molar-refractivity contribution in [3.8, 4) is 0 Å². The van der Waals surface area contributed by atoms with Gasteiger partial charge in [-0.05, 0) is 29.9 Å². The molecule has 0 radical (unpaired) electrons. The quantitative estimate of drug-likeness (QED) is 0.435. The van der Waals surface area contributed by atoms with Crippen molar-refractivity contribution in [2.24, 2.45) is 7.05 Å². The number of rotatable bonds is 10. The van der Waals surface area contributed by atoms with Gasteiger partial charge < -0.3 is 4.57 Å². The van der Waals surface area contributed by atoms with E-state index in [1.54, 1.807) is 0 Å². The van der Waals surface area contributed by atoms with Gasteiger partial charge in [-0.15, -0.1) is 0 Å². The second-order valence-electron chi connectivity index (χ2n) is 6.46. The zero-order valence-corrected chi connectivity index (χ0v) is 14.6. The van der Waals surface area contributed by atoms with Gasteiger partial charge in [-0.2, -0.15) is 0 Å². The maximum absolute atomic E-state index is 6.50. The molecule has 1 atom stereocenters. The van der Waals surface area contributed by atoms with Gasteiger partial charge in [-0.25, -0.2) is 0 Å². The molecule has 1 aromatic heterocycles. The molecular weight excluding hydrogens is 266 g/mol. The van der Waals surface area contributed by atoms with Crippen LogP contribution in [0.1, 0.15) is 84.1 Å². The topological polar surface area (TPSA) is 4.93 Å². The van der Waals surface area contributed by atoms with Crippen LogP contribution in [0.15, 0.2) is 12.3 Å². The summed E-state index contributed by atoms with van der Waals surface area (Å²) in [5.74, 6) is 0. The largest absolute Gasteiger partial charge is 0.342 e. The molecule has 0 aromatic carbocycles. The predicted molar refractivity (Wildman–Crippen MR) is 90.7 cm³/mol. The molecule has 0 spiro atoms. The highest BCUT2D eigenvalue weighted by molar-refractivity contribution is 6.30. The van der Waals surface area contributed by atoms with Gasteiger partial charge in [0.2, 0.25) is 0 Å². The summed E-state index contributed by atoms with van der Waals surface area (Å²) in [6.45, 7) is 6.95. The molecule has 0 aliphatic carbocycles. The highest BCUT2D eigenvalue weighted by Crippen LogP contribution is 2.39. The van der Waals surface area contributed by atoms with Crippen LogP contribution in [0.4, 0.5) is 0 Å². The maximum Gasteiger partial charge on any atom is 0.112 e. The first-order valence-electron chi connectivity index (χ1n) is 8.36. The normalized spacial score (nSPS) is 14.4. The SMILES string of the molecule is CCCCCCCC(C)(CCCC)c1ccn(C)c1Cl. The zero-order chi connectivity index (χ0) is 15.0. The molecule has 1 unspecified atom stereocenters. The molecule has 116 valence electrons. The lowest BCUT2D eigenvalue weighted by Gasteiger charge is -2.30. The van der Waals surface area contributed by atoms with E-state index in [0.29, 0.717) is 0 Å². The first-order valence-corrected chi connectivity index (χ1v) is 8.74. The summed E-state index contributed by atoms with van der Waals surface area (Å²) < 4.78 is 2.04. The molecule has 0 bridgehead atoms. The molecule has 2 heteroatoms. The monoisotopic (exact) mass is 297 g/mol. The van der Waals surface area contributed by atoms with Gasteiger partial charge in [-0.1, -0.05) is 77.3 Å². The summed E-state index contributed by atoms with van der Waals surface area (Å²) in [6.07, 6.45) is 13.9. The maximum atomic E-state index is 6.50. The third kappa shape index (κ3) is 4.84. The number of hydrogen-bond acceptors (Lipinski definition) is 0. The first-order chi connectivity index (χ1) is 9.55. The summed E-state index contributed by atoms with van der Waals surface area (Å²) in [4.78, 5) is 0. The van der Waals surface area contributed by atoms with Gasteiger partial charge in [0, 0.05) is 13.2 Å². The lowest BCUT2D eigenvalue weighted by Crippen LogP contribution is -2.22. The average molecular weight is 298 g/mol. The van der Waals surface area contributed by atoms with E-state index in [9.17, 15) is 0 Å². The first kappa shape index (κ1) is 17.6. The average Bonchev–Trinajstić information content (AvgIpc) is 2.77. The fourth-order valence-electron chi connectivity index (χ4n) is 3.04. The summed E-state index contributed by atoms with van der Waals surface area (Å²) in [5.41, 5.74) is 1.60. The minimum Gasteiger partial charge on any atom is -0.342 e. The number of aromatic nitrogens is 1. The second-order valence-corrected chi connectivity index (χ2v) is 6.82. The minimum atomic E-state index is 0.251. The van der Waals surface area contributed by atoms with Crippen LogP contribution in [0.25, 0.3) is 0 Å². The van der Waals surface area contributed by atoms with E-state index < -0.39 is 0 Å². The number of halogens is 1. The Labute approximate surface area is 130 Å². The van der Waals surface area contributed by atoms with Crippen LogP contribution in [-0.4, -0.2) is 4.57 Å². The highest BCUT2D eigenvalue weighted by atomic mass is 35.5. The Bertz CT molecular complexity index is 383. The molecule has 0 aliphatic rings. The van der Waals surface area contributed by atoms with E-state index >= 15 is 0 Å². The Hall–Kier alpha value is -0.430. The number of nitrogens with zero attached hydrogens (tertiary/aromatic N) is 1. The molecule has 1 rings (SSSR count). The Morgan fingerprint density at radius 3 is 2.15 bits per heavy atom. The van der Waals surface area contributed by atoms with Crippen molar-refractivity contribution in [2.75, 3.05) is 0 Å². The van der Waals surface area contributed by atoms with E-state index in [4.69, 9.17) is 11.6 Å². The van der Waals surface area contributed by atoms with Gasteiger partial charge >= 0.3 is 0 Å². The van der Waals surface area contributed by atoms with Gasteiger partial charge in [0.1, 0.15) is 5.15 Å². The minimum absolute atomic E-state index is 0.251. The summed E-state index contributed by atoms with van der Waals surface area (Å²) >= 11 is 6.50. The van der Waals surface area contributed by atoms with Crippen LogP contribution in [-0.2, 0) is 12.5 Å².